The third kappa shape index (κ3) is 4.33. The number of rotatable bonds is 4. The Hall–Kier alpha value is -2.81. The van der Waals surface area contributed by atoms with Crippen LogP contribution in [0.15, 0.2) is 30.3 Å². The average molecular weight is 307 g/mol. The summed E-state index contributed by atoms with van der Waals surface area (Å²) in [6, 6.07) is 10.7. The molecule has 0 radical (unpaired) electrons. The van der Waals surface area contributed by atoms with Crippen molar-refractivity contribution in [3.8, 4) is 17.7 Å². The van der Waals surface area contributed by atoms with Crippen molar-refractivity contribution in [1.82, 2.24) is 4.98 Å². The van der Waals surface area contributed by atoms with Crippen LogP contribution in [0.2, 0.25) is 0 Å². The first-order valence-electron chi connectivity index (χ1n) is 7.25. The highest BCUT2D eigenvalue weighted by Gasteiger charge is 2.15. The van der Waals surface area contributed by atoms with Gasteiger partial charge in [0, 0.05) is 17.2 Å². The number of ether oxygens (including phenoxy) is 1. The van der Waals surface area contributed by atoms with Crippen molar-refractivity contribution in [3.63, 3.8) is 0 Å². The molecule has 0 aliphatic rings. The van der Waals surface area contributed by atoms with Crippen LogP contribution in [0.5, 0.6) is 11.6 Å². The van der Waals surface area contributed by atoms with E-state index in [-0.39, 0.29) is 5.54 Å². The van der Waals surface area contributed by atoms with Gasteiger partial charge in [-0.15, -0.1) is 0 Å². The summed E-state index contributed by atoms with van der Waals surface area (Å²) in [4.78, 5) is 15.4. The predicted molar refractivity (Wildman–Crippen MR) is 92.4 cm³/mol. The summed E-state index contributed by atoms with van der Waals surface area (Å²) in [5.74, 6) is 1.35. The molecule has 0 atom stereocenters. The first kappa shape index (κ1) is 16.6. The van der Waals surface area contributed by atoms with Gasteiger partial charge in [0.15, 0.2) is 0 Å². The Bertz CT molecular complexity index is 776. The molecule has 2 rings (SSSR count). The number of carbonyl (C=O) groups excluding carboxylic acids is 1. The smallest absolute Gasteiger partial charge is 0.221 e. The van der Waals surface area contributed by atoms with Crippen molar-refractivity contribution in [2.75, 3.05) is 5.32 Å². The number of nitrogens with one attached hydrogen (secondary N) is 1. The Kier molecular flexibility index (Phi) is 4.70. The second-order valence-corrected chi connectivity index (χ2v) is 6.27. The molecule has 0 spiro atoms. The van der Waals surface area contributed by atoms with E-state index in [2.05, 4.69) is 16.4 Å². The number of benzene rings is 1. The van der Waals surface area contributed by atoms with E-state index >= 15 is 0 Å². The Labute approximate surface area is 136 Å². The van der Waals surface area contributed by atoms with E-state index in [9.17, 15) is 10.1 Å². The second-order valence-electron chi connectivity index (χ2n) is 6.27. The van der Waals surface area contributed by atoms with Gasteiger partial charge in [0.1, 0.15) is 31.8 Å². The number of anilines is 1. The van der Waals surface area contributed by atoms with Crippen molar-refractivity contribution >= 4 is 25.4 Å². The summed E-state index contributed by atoms with van der Waals surface area (Å²) in [5.41, 5.74) is 1.68. The molecule has 0 amide bonds. The molecular formula is C17H18BN3O2. The molecule has 0 unspecified atom stereocenters. The highest BCUT2D eigenvalue weighted by molar-refractivity contribution is 6.35. The van der Waals surface area contributed by atoms with Crippen LogP contribution >= 0.6 is 0 Å². The molecule has 0 saturated carbocycles. The van der Waals surface area contributed by atoms with Crippen LogP contribution in [0.25, 0.3) is 0 Å². The van der Waals surface area contributed by atoms with Gasteiger partial charge in [-0.25, -0.2) is 0 Å². The topological polar surface area (TPSA) is 75.0 Å². The van der Waals surface area contributed by atoms with Crippen LogP contribution in [-0.4, -0.2) is 24.7 Å². The van der Waals surface area contributed by atoms with Crippen LogP contribution in [0.1, 0.15) is 36.7 Å². The lowest BCUT2D eigenvalue weighted by molar-refractivity contribution is 0.112. The number of hydrogen-bond acceptors (Lipinski definition) is 5. The summed E-state index contributed by atoms with van der Waals surface area (Å²) in [6.07, 6.45) is 0.793. The minimum atomic E-state index is -0.230. The molecule has 6 heteroatoms. The van der Waals surface area contributed by atoms with Gasteiger partial charge < -0.3 is 10.1 Å². The fourth-order valence-corrected chi connectivity index (χ4v) is 1.97. The van der Waals surface area contributed by atoms with Crippen LogP contribution < -0.4 is 15.5 Å². The molecule has 2 aromatic rings. The number of aromatic nitrogens is 1. The lowest BCUT2D eigenvalue weighted by Crippen LogP contribution is -2.27. The summed E-state index contributed by atoms with van der Waals surface area (Å²) >= 11 is 0. The van der Waals surface area contributed by atoms with Crippen LogP contribution in [0, 0.1) is 11.3 Å². The zero-order chi connectivity index (χ0) is 17.0. The van der Waals surface area contributed by atoms with Gasteiger partial charge in [-0.3, -0.25) is 4.79 Å². The van der Waals surface area contributed by atoms with E-state index in [1.165, 1.54) is 0 Å². The maximum absolute atomic E-state index is 11.0. The van der Waals surface area contributed by atoms with Crippen LogP contribution in [0.4, 0.5) is 5.82 Å². The molecule has 0 aliphatic heterocycles. The Morgan fingerprint density at radius 3 is 2.65 bits per heavy atom. The lowest BCUT2D eigenvalue weighted by atomic mass is 9.91. The van der Waals surface area contributed by atoms with Gasteiger partial charge in [0.2, 0.25) is 5.88 Å². The average Bonchev–Trinajstić information content (AvgIpc) is 2.48. The van der Waals surface area contributed by atoms with Gasteiger partial charge >= 0.3 is 0 Å². The number of pyridine rings is 1. The monoisotopic (exact) mass is 307 g/mol. The van der Waals surface area contributed by atoms with Gasteiger partial charge in [0.05, 0.1) is 5.56 Å². The minimum absolute atomic E-state index is 0.230. The normalized spacial score (nSPS) is 10.7. The maximum Gasteiger partial charge on any atom is 0.221 e. The predicted octanol–water partition coefficient (Wildman–Crippen LogP) is 2.03. The molecule has 1 aromatic heterocycles. The van der Waals surface area contributed by atoms with Crippen molar-refractivity contribution in [1.29, 1.82) is 5.26 Å². The first-order chi connectivity index (χ1) is 10.8. The second kappa shape index (κ2) is 6.53. The molecule has 0 saturated heterocycles. The molecule has 0 fully saturated rings. The fraction of sp³-hybridized carbons (Fsp3) is 0.235. The van der Waals surface area contributed by atoms with E-state index in [0.717, 1.165) is 11.7 Å². The minimum Gasteiger partial charge on any atom is -0.439 e. The van der Waals surface area contributed by atoms with Gasteiger partial charge in [-0.1, -0.05) is 11.5 Å². The zero-order valence-corrected chi connectivity index (χ0v) is 13.7. The van der Waals surface area contributed by atoms with Crippen molar-refractivity contribution in [3.05, 3.63) is 41.5 Å². The SMILES string of the molecule is Bc1ccc(Oc2ccc(C#N)c(NC(C)(C)C)n2)cc1C=O. The molecule has 0 aliphatic carbocycles. The molecule has 116 valence electrons. The third-order valence-corrected chi connectivity index (χ3v) is 3.08. The van der Waals surface area contributed by atoms with E-state index in [4.69, 9.17) is 4.74 Å². The summed E-state index contributed by atoms with van der Waals surface area (Å²) < 4.78 is 5.71. The summed E-state index contributed by atoms with van der Waals surface area (Å²) in [7, 11) is 1.86. The number of nitriles is 1. The van der Waals surface area contributed by atoms with Gasteiger partial charge in [0.25, 0.3) is 0 Å². The van der Waals surface area contributed by atoms with E-state index in [1.807, 2.05) is 34.7 Å². The highest BCUT2D eigenvalue weighted by Crippen LogP contribution is 2.24. The first-order valence-corrected chi connectivity index (χ1v) is 7.25. The number of carbonyl (C=O) groups is 1. The van der Waals surface area contributed by atoms with E-state index in [0.29, 0.717) is 28.6 Å². The Morgan fingerprint density at radius 1 is 1.30 bits per heavy atom. The molecule has 5 nitrogen and oxygen atoms in total. The largest absolute Gasteiger partial charge is 0.439 e. The van der Waals surface area contributed by atoms with Gasteiger partial charge in [-0.05, 0) is 39.0 Å². The maximum atomic E-state index is 11.0. The van der Waals surface area contributed by atoms with Crippen molar-refractivity contribution in [2.24, 2.45) is 0 Å². The zero-order valence-electron chi connectivity index (χ0n) is 13.7. The third-order valence-electron chi connectivity index (χ3n) is 3.08. The number of aldehydes is 1. The van der Waals surface area contributed by atoms with Crippen molar-refractivity contribution < 1.29 is 9.53 Å². The van der Waals surface area contributed by atoms with E-state index < -0.39 is 0 Å². The molecular weight excluding hydrogens is 289 g/mol. The molecule has 1 heterocycles. The lowest BCUT2D eigenvalue weighted by Gasteiger charge is -2.22. The number of hydrogen-bond donors (Lipinski definition) is 1. The van der Waals surface area contributed by atoms with Crippen LogP contribution in [-0.2, 0) is 0 Å². The van der Waals surface area contributed by atoms with E-state index in [1.54, 1.807) is 24.3 Å². The Balaban J connectivity index is 2.32. The summed E-state index contributed by atoms with van der Waals surface area (Å²) in [6.45, 7) is 5.96. The molecule has 1 N–H and O–H groups in total. The quantitative estimate of drug-likeness (QED) is 0.691. The molecule has 23 heavy (non-hydrogen) atoms. The molecule has 0 bridgehead atoms. The summed E-state index contributed by atoms with van der Waals surface area (Å²) in [5, 5.41) is 12.4. The number of nitrogens with zero attached hydrogens (tertiary/aromatic N) is 2. The fourth-order valence-electron chi connectivity index (χ4n) is 1.97. The van der Waals surface area contributed by atoms with Gasteiger partial charge in [-0.2, -0.15) is 10.2 Å². The van der Waals surface area contributed by atoms with Crippen LogP contribution in [0.3, 0.4) is 0 Å². The van der Waals surface area contributed by atoms with Crippen molar-refractivity contribution in [2.45, 2.75) is 26.3 Å². The standard InChI is InChI=1S/C17H18BN3O2/c1-17(2,3)21-16-11(9-19)4-7-15(20-16)23-13-5-6-14(18)12(8-13)10-22/h4-8,10H,18H2,1-3H3,(H,20,21). The highest BCUT2D eigenvalue weighted by atomic mass is 16.5. The molecule has 1 aromatic carbocycles. The Morgan fingerprint density at radius 2 is 2.04 bits per heavy atom.